The SMILES string of the molecule is Cl.NCC(=O)[O-].NCC(=O)[O-].NCC(=O)[O-].[Fe+3]. The van der Waals surface area contributed by atoms with Crippen LogP contribution in [0.2, 0.25) is 0 Å². The first kappa shape index (κ1) is 29.8. The number of carboxylic acid groups (broad SMARTS) is 3. The van der Waals surface area contributed by atoms with Gasteiger partial charge < -0.3 is 46.9 Å². The molecule has 0 unspecified atom stereocenters. The van der Waals surface area contributed by atoms with Crippen molar-refractivity contribution < 1.29 is 46.8 Å². The fourth-order valence-corrected chi connectivity index (χ4v) is 0. The standard InChI is InChI=1S/3C2H5NO2.ClH.Fe/c3*3-1-2(4)5;;/h3*1,3H2,(H,4,5);1H;/q;;;;+3/p-3. The third-order valence-corrected chi connectivity index (χ3v) is 0.500. The van der Waals surface area contributed by atoms with E-state index in [2.05, 4.69) is 17.2 Å². The summed E-state index contributed by atoms with van der Waals surface area (Å²) >= 11 is 0. The number of rotatable bonds is 3. The van der Waals surface area contributed by atoms with E-state index >= 15 is 0 Å². The number of aliphatic carboxylic acids is 3. The Kier molecular flexibility index (Phi) is 42.7. The van der Waals surface area contributed by atoms with Gasteiger partial charge in [0, 0.05) is 19.6 Å². The average Bonchev–Trinajstić information content (AvgIpc) is 2.19. The first-order chi connectivity index (χ1) is 6.81. The Bertz CT molecular complexity index is 173. The van der Waals surface area contributed by atoms with Crippen LogP contribution in [0.4, 0.5) is 0 Å². The summed E-state index contributed by atoms with van der Waals surface area (Å²) in [5.41, 5.74) is 13.5. The monoisotopic (exact) mass is 314 g/mol. The number of hydrogen-bond acceptors (Lipinski definition) is 9. The molecule has 0 saturated carbocycles. The molecule has 0 aromatic heterocycles. The van der Waals surface area contributed by atoms with Gasteiger partial charge >= 0.3 is 17.1 Å². The van der Waals surface area contributed by atoms with Crippen LogP contribution in [-0.4, -0.2) is 37.5 Å². The molecule has 6 N–H and O–H groups in total. The molecule has 0 fully saturated rings. The molecular weight excluding hydrogens is 301 g/mol. The van der Waals surface area contributed by atoms with Crippen LogP contribution >= 0.6 is 12.4 Å². The van der Waals surface area contributed by atoms with Crippen LogP contribution < -0.4 is 32.5 Å². The summed E-state index contributed by atoms with van der Waals surface area (Å²) < 4.78 is 0. The zero-order valence-electron chi connectivity index (χ0n) is 8.56. The summed E-state index contributed by atoms with van der Waals surface area (Å²) in [5, 5.41) is 27.4. The van der Waals surface area contributed by atoms with Crippen molar-refractivity contribution in [3.8, 4) is 0 Å². The number of carbonyl (C=O) groups excluding carboxylic acids is 3. The number of carboxylic acids is 3. The zero-order chi connectivity index (χ0) is 12.9. The van der Waals surface area contributed by atoms with Crippen molar-refractivity contribution in [2.45, 2.75) is 0 Å². The van der Waals surface area contributed by atoms with E-state index in [0.717, 1.165) is 0 Å². The van der Waals surface area contributed by atoms with E-state index in [1.165, 1.54) is 0 Å². The van der Waals surface area contributed by atoms with E-state index in [4.69, 9.17) is 29.7 Å². The van der Waals surface area contributed by atoms with E-state index < -0.39 is 17.9 Å². The maximum atomic E-state index is 9.13. The molecule has 0 amide bonds. The molecule has 0 aliphatic heterocycles. The van der Waals surface area contributed by atoms with Crippen molar-refractivity contribution in [1.29, 1.82) is 0 Å². The van der Waals surface area contributed by atoms with Crippen LogP contribution in [0.25, 0.3) is 0 Å². The molecule has 0 bridgehead atoms. The second-order valence-corrected chi connectivity index (χ2v) is 1.73. The maximum absolute atomic E-state index is 9.13. The number of nitrogens with two attached hydrogens (primary N) is 3. The summed E-state index contributed by atoms with van der Waals surface area (Å²) in [7, 11) is 0. The number of halogens is 1. The van der Waals surface area contributed by atoms with Crippen LogP contribution in [0.3, 0.4) is 0 Å². The van der Waals surface area contributed by atoms with Crippen LogP contribution in [0.15, 0.2) is 0 Å². The molecule has 0 aliphatic carbocycles. The number of carbonyl (C=O) groups is 3. The Morgan fingerprint density at radius 1 is 0.706 bits per heavy atom. The molecule has 0 atom stereocenters. The fourth-order valence-electron chi connectivity index (χ4n) is 0. The predicted octanol–water partition coefficient (Wildman–Crippen LogP) is -6.50. The minimum atomic E-state index is -1.22. The zero-order valence-corrected chi connectivity index (χ0v) is 10.5. The maximum Gasteiger partial charge on any atom is 3.00 e. The second-order valence-electron chi connectivity index (χ2n) is 1.73. The smallest absolute Gasteiger partial charge is 0.549 e. The van der Waals surface area contributed by atoms with Gasteiger partial charge in [-0.1, -0.05) is 0 Å². The van der Waals surface area contributed by atoms with Crippen molar-refractivity contribution in [2.24, 2.45) is 17.2 Å². The van der Waals surface area contributed by atoms with Crippen LogP contribution in [-0.2, 0) is 31.5 Å². The summed E-state index contributed by atoms with van der Waals surface area (Å²) in [6, 6.07) is 0. The van der Waals surface area contributed by atoms with E-state index in [-0.39, 0.29) is 49.1 Å². The average molecular weight is 314 g/mol. The molecule has 0 aromatic carbocycles. The fraction of sp³-hybridized carbons (Fsp3) is 0.500. The Balaban J connectivity index is -0.0000000400. The van der Waals surface area contributed by atoms with Crippen molar-refractivity contribution in [2.75, 3.05) is 19.6 Å². The molecule has 0 aliphatic rings. The topological polar surface area (TPSA) is 198 Å². The summed E-state index contributed by atoms with van der Waals surface area (Å²) in [6.45, 7) is -1.17. The van der Waals surface area contributed by atoms with Crippen LogP contribution in [0, 0.1) is 0 Å². The molecule has 0 aromatic rings. The Morgan fingerprint density at radius 2 is 0.765 bits per heavy atom. The molecule has 0 saturated heterocycles. The molecular formula is C6H13ClFeN3O6. The van der Waals surface area contributed by atoms with Gasteiger partial charge in [-0.2, -0.15) is 0 Å². The van der Waals surface area contributed by atoms with Gasteiger partial charge in [0.2, 0.25) is 0 Å². The summed E-state index contributed by atoms with van der Waals surface area (Å²) in [5.74, 6) is -3.65. The van der Waals surface area contributed by atoms with Gasteiger partial charge in [0.05, 0.1) is 17.9 Å². The van der Waals surface area contributed by atoms with Crippen molar-refractivity contribution in [1.82, 2.24) is 0 Å². The van der Waals surface area contributed by atoms with Crippen molar-refractivity contribution in [3.63, 3.8) is 0 Å². The minimum absolute atomic E-state index is 0. The van der Waals surface area contributed by atoms with Crippen molar-refractivity contribution in [3.05, 3.63) is 0 Å². The van der Waals surface area contributed by atoms with Crippen LogP contribution in [0.1, 0.15) is 0 Å². The Labute approximate surface area is 114 Å². The Morgan fingerprint density at radius 3 is 0.765 bits per heavy atom. The molecule has 0 rings (SSSR count). The summed E-state index contributed by atoms with van der Waals surface area (Å²) in [4.78, 5) is 27.4. The minimum Gasteiger partial charge on any atom is -0.549 e. The van der Waals surface area contributed by atoms with Gasteiger partial charge in [-0.25, -0.2) is 0 Å². The predicted molar refractivity (Wildman–Crippen MR) is 49.4 cm³/mol. The first-order valence-corrected chi connectivity index (χ1v) is 3.51. The molecule has 9 nitrogen and oxygen atoms in total. The third kappa shape index (κ3) is 99.6. The molecule has 103 valence electrons. The van der Waals surface area contributed by atoms with E-state index in [1.54, 1.807) is 0 Å². The van der Waals surface area contributed by atoms with Gasteiger partial charge in [-0.3, -0.25) is 0 Å². The van der Waals surface area contributed by atoms with Gasteiger partial charge in [0.25, 0.3) is 0 Å². The van der Waals surface area contributed by atoms with Gasteiger partial charge in [0.1, 0.15) is 0 Å². The van der Waals surface area contributed by atoms with E-state index in [0.29, 0.717) is 0 Å². The second kappa shape index (κ2) is 24.4. The molecule has 0 heterocycles. The number of hydrogen-bond donors (Lipinski definition) is 3. The van der Waals surface area contributed by atoms with Gasteiger partial charge in [-0.05, 0) is 0 Å². The van der Waals surface area contributed by atoms with Crippen LogP contribution in [0.5, 0.6) is 0 Å². The largest absolute Gasteiger partial charge is 3.00 e. The third-order valence-electron chi connectivity index (χ3n) is 0.500. The normalized spacial score (nSPS) is 6.53. The molecule has 1 radical (unpaired) electrons. The molecule has 11 heteroatoms. The van der Waals surface area contributed by atoms with Crippen molar-refractivity contribution >= 4 is 30.3 Å². The first-order valence-electron chi connectivity index (χ1n) is 3.51. The van der Waals surface area contributed by atoms with Gasteiger partial charge in [-0.15, -0.1) is 12.4 Å². The summed E-state index contributed by atoms with van der Waals surface area (Å²) in [6.07, 6.45) is 0. The molecule has 0 spiro atoms. The Hall–Kier alpha value is -0.901. The quantitative estimate of drug-likeness (QED) is 0.423. The molecule has 17 heavy (non-hydrogen) atoms. The van der Waals surface area contributed by atoms with E-state index in [1.807, 2.05) is 0 Å². The van der Waals surface area contributed by atoms with Gasteiger partial charge in [0.15, 0.2) is 0 Å². The van der Waals surface area contributed by atoms with E-state index in [9.17, 15) is 0 Å².